The second-order valence-corrected chi connectivity index (χ2v) is 7.66. The number of halogens is 1. The van der Waals surface area contributed by atoms with Crippen LogP contribution in [0.25, 0.3) is 5.78 Å². The van der Waals surface area contributed by atoms with Gasteiger partial charge in [-0.05, 0) is 13.0 Å². The molecule has 27 heavy (non-hydrogen) atoms. The molecule has 1 aliphatic heterocycles. The number of likely N-dealkylation sites (tertiary alicyclic amines) is 1. The maximum atomic E-state index is 14.1. The van der Waals surface area contributed by atoms with Gasteiger partial charge in [0.15, 0.2) is 5.13 Å². The van der Waals surface area contributed by atoms with Gasteiger partial charge in [0.2, 0.25) is 23.5 Å². The van der Waals surface area contributed by atoms with Crippen LogP contribution in [0.5, 0.6) is 5.88 Å². The summed E-state index contributed by atoms with van der Waals surface area (Å²) in [4.78, 5) is 26.1. The minimum absolute atomic E-state index is 0.0318. The molecule has 4 rings (SSSR count). The van der Waals surface area contributed by atoms with Gasteiger partial charge in [0.05, 0.1) is 11.1 Å². The molecule has 0 aliphatic carbocycles. The van der Waals surface area contributed by atoms with Crippen LogP contribution < -0.4 is 10.1 Å². The first-order valence-corrected chi connectivity index (χ1v) is 9.43. The number of nitrogens with zero attached hydrogens (tertiary/aromatic N) is 5. The van der Waals surface area contributed by atoms with Gasteiger partial charge in [-0.25, -0.2) is 4.98 Å². The average Bonchev–Trinajstić information content (AvgIpc) is 3.25. The van der Waals surface area contributed by atoms with E-state index in [2.05, 4.69) is 32.1 Å². The molecule has 0 saturated carbocycles. The van der Waals surface area contributed by atoms with Crippen molar-refractivity contribution in [3.05, 3.63) is 35.5 Å². The van der Waals surface area contributed by atoms with Gasteiger partial charge in [0.1, 0.15) is 6.10 Å². The fourth-order valence-electron chi connectivity index (χ4n) is 3.21. The quantitative estimate of drug-likeness (QED) is 0.720. The van der Waals surface area contributed by atoms with Crippen molar-refractivity contribution in [3.8, 4) is 5.88 Å². The minimum Gasteiger partial charge on any atom is -0.472 e. The highest BCUT2D eigenvalue weighted by Gasteiger charge is 2.32. The summed E-state index contributed by atoms with van der Waals surface area (Å²) in [7, 11) is 0. The summed E-state index contributed by atoms with van der Waals surface area (Å²) in [6.07, 6.45) is 6.14. The summed E-state index contributed by atoms with van der Waals surface area (Å²) < 4.78 is 21.9. The molecule has 10 heteroatoms. The van der Waals surface area contributed by atoms with Crippen molar-refractivity contribution in [2.24, 2.45) is 0 Å². The lowest BCUT2D eigenvalue weighted by Crippen LogP contribution is -2.28. The SMILES string of the molecule is CC(=O)Nc1nc(F)c(CN2CC(Oc3cn4cccnc4n3)C[C@@H]2C)s1. The molecule has 1 saturated heterocycles. The maximum Gasteiger partial charge on any atom is 0.237 e. The van der Waals surface area contributed by atoms with E-state index < -0.39 is 5.95 Å². The highest BCUT2D eigenvalue weighted by molar-refractivity contribution is 7.15. The number of rotatable bonds is 5. The van der Waals surface area contributed by atoms with E-state index in [1.165, 1.54) is 6.92 Å². The molecule has 0 radical (unpaired) electrons. The van der Waals surface area contributed by atoms with E-state index in [4.69, 9.17) is 4.74 Å². The first-order valence-electron chi connectivity index (χ1n) is 8.61. The Morgan fingerprint density at radius 2 is 2.33 bits per heavy atom. The molecule has 3 aromatic heterocycles. The molecule has 0 aromatic carbocycles. The van der Waals surface area contributed by atoms with Gasteiger partial charge in [-0.3, -0.25) is 14.1 Å². The van der Waals surface area contributed by atoms with Crippen molar-refractivity contribution >= 4 is 28.2 Å². The monoisotopic (exact) mass is 390 g/mol. The van der Waals surface area contributed by atoms with E-state index in [0.717, 1.165) is 17.8 Å². The van der Waals surface area contributed by atoms with Crippen LogP contribution in [0.15, 0.2) is 24.7 Å². The van der Waals surface area contributed by atoms with Crippen LogP contribution in [0.4, 0.5) is 9.52 Å². The van der Waals surface area contributed by atoms with Crippen LogP contribution in [0.3, 0.4) is 0 Å². The third-order valence-electron chi connectivity index (χ3n) is 4.45. The number of carbonyl (C=O) groups excluding carboxylic acids is 1. The second-order valence-electron chi connectivity index (χ2n) is 6.57. The van der Waals surface area contributed by atoms with Gasteiger partial charge in [-0.2, -0.15) is 14.4 Å². The minimum atomic E-state index is -0.535. The molecule has 4 heterocycles. The van der Waals surface area contributed by atoms with E-state index in [-0.39, 0.29) is 23.2 Å². The second kappa shape index (κ2) is 7.20. The Kier molecular flexibility index (Phi) is 4.75. The van der Waals surface area contributed by atoms with Gasteiger partial charge >= 0.3 is 0 Å². The van der Waals surface area contributed by atoms with E-state index in [1.54, 1.807) is 12.4 Å². The molecule has 8 nitrogen and oxygen atoms in total. The number of imidazole rings is 1. The Bertz CT molecular complexity index is 940. The van der Waals surface area contributed by atoms with Crippen LogP contribution in [0.2, 0.25) is 0 Å². The number of thiazole rings is 1. The summed E-state index contributed by atoms with van der Waals surface area (Å²) in [6, 6.07) is 2.06. The number of ether oxygens (including phenoxy) is 1. The van der Waals surface area contributed by atoms with Gasteiger partial charge in [-0.1, -0.05) is 11.3 Å². The maximum absolute atomic E-state index is 14.1. The first kappa shape index (κ1) is 17.8. The standard InChI is InChI=1S/C17H19FN6O2S/c1-10-6-12(26-14-9-23-5-3-4-19-16(23)21-14)7-24(10)8-13-15(18)22-17(27-13)20-11(2)25/h3-5,9-10,12H,6-8H2,1-2H3,(H,20,22,25)/t10-,12?/m0/s1. The fraction of sp³-hybridized carbons (Fsp3) is 0.412. The Morgan fingerprint density at radius 1 is 1.48 bits per heavy atom. The number of carbonyl (C=O) groups is 1. The Hall–Kier alpha value is -2.59. The third-order valence-corrected chi connectivity index (χ3v) is 5.38. The third kappa shape index (κ3) is 3.91. The van der Waals surface area contributed by atoms with E-state index in [9.17, 15) is 9.18 Å². The molecule has 1 aliphatic rings. The Labute approximate surface area is 159 Å². The normalized spacial score (nSPS) is 20.3. The number of anilines is 1. The van der Waals surface area contributed by atoms with Crippen LogP contribution in [-0.2, 0) is 11.3 Å². The molecule has 3 aromatic rings. The summed E-state index contributed by atoms with van der Waals surface area (Å²) in [6.45, 7) is 4.55. The Balaban J connectivity index is 1.41. The summed E-state index contributed by atoms with van der Waals surface area (Å²) >= 11 is 1.16. The number of hydrogen-bond acceptors (Lipinski definition) is 7. The first-order chi connectivity index (χ1) is 13.0. The lowest BCUT2D eigenvalue weighted by atomic mass is 10.2. The van der Waals surface area contributed by atoms with Gasteiger partial charge < -0.3 is 10.1 Å². The molecule has 1 unspecified atom stereocenters. The molecule has 0 bridgehead atoms. The van der Waals surface area contributed by atoms with Gasteiger partial charge in [0.25, 0.3) is 0 Å². The molecule has 1 fully saturated rings. The average molecular weight is 390 g/mol. The number of hydrogen-bond donors (Lipinski definition) is 1. The highest BCUT2D eigenvalue weighted by atomic mass is 32.1. The topological polar surface area (TPSA) is 84.7 Å². The summed E-state index contributed by atoms with van der Waals surface area (Å²) in [5, 5.41) is 2.81. The van der Waals surface area contributed by atoms with E-state index in [1.807, 2.05) is 16.7 Å². The molecule has 1 N–H and O–H groups in total. The summed E-state index contributed by atoms with van der Waals surface area (Å²) in [5.41, 5.74) is 0. The lowest BCUT2D eigenvalue weighted by molar-refractivity contribution is -0.114. The predicted octanol–water partition coefficient (Wildman–Crippen LogP) is 2.33. The van der Waals surface area contributed by atoms with Crippen molar-refractivity contribution in [2.45, 2.75) is 39.0 Å². The molecular formula is C17H19FN6O2S. The van der Waals surface area contributed by atoms with Crippen molar-refractivity contribution in [1.82, 2.24) is 24.3 Å². The number of amides is 1. The van der Waals surface area contributed by atoms with Crippen LogP contribution in [0, 0.1) is 5.95 Å². The molecule has 142 valence electrons. The van der Waals surface area contributed by atoms with Crippen molar-refractivity contribution < 1.29 is 13.9 Å². The molecule has 1 amide bonds. The van der Waals surface area contributed by atoms with Crippen molar-refractivity contribution in [2.75, 3.05) is 11.9 Å². The Morgan fingerprint density at radius 3 is 3.11 bits per heavy atom. The van der Waals surface area contributed by atoms with Crippen molar-refractivity contribution in [1.29, 1.82) is 0 Å². The molecule has 2 atom stereocenters. The number of aromatic nitrogens is 4. The zero-order valence-corrected chi connectivity index (χ0v) is 15.7. The zero-order chi connectivity index (χ0) is 19.0. The number of fused-ring (bicyclic) bond motifs is 1. The van der Waals surface area contributed by atoms with Crippen molar-refractivity contribution in [3.63, 3.8) is 0 Å². The smallest absolute Gasteiger partial charge is 0.237 e. The van der Waals surface area contributed by atoms with E-state index >= 15 is 0 Å². The zero-order valence-electron chi connectivity index (χ0n) is 14.9. The van der Waals surface area contributed by atoms with Gasteiger partial charge in [0, 0.05) is 44.9 Å². The summed E-state index contributed by atoms with van der Waals surface area (Å²) in [5.74, 6) is 0.323. The fourth-order valence-corrected chi connectivity index (χ4v) is 4.12. The largest absolute Gasteiger partial charge is 0.472 e. The van der Waals surface area contributed by atoms with Crippen LogP contribution >= 0.6 is 11.3 Å². The number of nitrogens with one attached hydrogen (secondary N) is 1. The lowest BCUT2D eigenvalue weighted by Gasteiger charge is -2.19. The molecule has 0 spiro atoms. The highest BCUT2D eigenvalue weighted by Crippen LogP contribution is 2.28. The molecular weight excluding hydrogens is 371 g/mol. The van der Waals surface area contributed by atoms with Crippen LogP contribution in [-0.4, -0.2) is 48.9 Å². The predicted molar refractivity (Wildman–Crippen MR) is 98.3 cm³/mol. The van der Waals surface area contributed by atoms with E-state index in [0.29, 0.717) is 29.6 Å². The van der Waals surface area contributed by atoms with Crippen LogP contribution in [0.1, 0.15) is 25.1 Å². The van der Waals surface area contributed by atoms with Gasteiger partial charge in [-0.15, -0.1) is 0 Å².